The van der Waals surface area contributed by atoms with Gasteiger partial charge < -0.3 is 71.1 Å². The van der Waals surface area contributed by atoms with Crippen LogP contribution in [0.4, 0.5) is 0 Å². The van der Waals surface area contributed by atoms with Crippen LogP contribution in [0.25, 0.3) is 0 Å². The number of Topliss-reactive ketones (excluding diaryl/α,β-unsaturated/α-hetero) is 1. The SMILES string of the molecule is C=CCO[C@@H]1O[C@H](C(=O)OCc2ccccc2)[C@H](O[C@@H]2O[C@@H](C)[C@H](OCc3ccccc3)[C@@H](OCc3ccccc3)[C@H]2O[C@@H]2O[C@@H](C)[C@H](OCc3ccccc3)[C@@H](OC(C)=O)[C@H]2OC(=O)CCC(C)=O)[C@H](OCc2ccccc2)[C@H]1OCc1ccccc1. The second kappa shape index (κ2) is 33.3. The van der Waals surface area contributed by atoms with Gasteiger partial charge in [-0.25, -0.2) is 4.79 Å². The molecule has 15 atom stereocenters. The Morgan fingerprint density at radius 1 is 0.398 bits per heavy atom. The average Bonchev–Trinajstić information content (AvgIpc) is 1.62. The van der Waals surface area contributed by atoms with E-state index in [2.05, 4.69) is 6.58 Å². The zero-order chi connectivity index (χ0) is 61.6. The van der Waals surface area contributed by atoms with Crippen LogP contribution in [0.2, 0.25) is 0 Å². The maximum Gasteiger partial charge on any atom is 0.338 e. The molecule has 0 amide bonds. The fourth-order valence-electron chi connectivity index (χ4n) is 10.7. The first-order valence-electron chi connectivity index (χ1n) is 29.7. The highest BCUT2D eigenvalue weighted by Crippen LogP contribution is 2.39. The summed E-state index contributed by atoms with van der Waals surface area (Å²) in [5, 5.41) is 0. The van der Waals surface area contributed by atoms with E-state index in [9.17, 15) is 14.4 Å². The molecular weight excluding hydrogens is 1130 g/mol. The molecule has 0 saturated carbocycles. The molecule has 0 spiro atoms. The minimum atomic E-state index is -1.61. The summed E-state index contributed by atoms with van der Waals surface area (Å²) in [6.45, 7) is 10.1. The number of ketones is 1. The third-order valence-corrected chi connectivity index (χ3v) is 15.0. The number of ether oxygens (including phenoxy) is 14. The third-order valence-electron chi connectivity index (χ3n) is 15.0. The van der Waals surface area contributed by atoms with E-state index in [0.717, 1.165) is 27.8 Å². The predicted octanol–water partition coefficient (Wildman–Crippen LogP) is 10.1. The Morgan fingerprint density at radius 2 is 0.773 bits per heavy atom. The van der Waals surface area contributed by atoms with Gasteiger partial charge in [-0.05, 0) is 54.2 Å². The first kappa shape index (κ1) is 65.2. The molecule has 0 bridgehead atoms. The van der Waals surface area contributed by atoms with E-state index < -0.39 is 110 Å². The minimum Gasteiger partial charge on any atom is -0.459 e. The highest BCUT2D eigenvalue weighted by Gasteiger charge is 2.58. The molecule has 3 saturated heterocycles. The van der Waals surface area contributed by atoms with E-state index in [1.54, 1.807) is 13.0 Å². The lowest BCUT2D eigenvalue weighted by Crippen LogP contribution is -2.68. The van der Waals surface area contributed by atoms with Crippen LogP contribution in [0.3, 0.4) is 0 Å². The molecule has 466 valence electrons. The van der Waals surface area contributed by atoms with E-state index in [-0.39, 0.29) is 64.9 Å². The van der Waals surface area contributed by atoms with Gasteiger partial charge in [0, 0.05) is 13.3 Å². The van der Waals surface area contributed by atoms with Crippen molar-refractivity contribution < 1.29 is 85.5 Å². The number of rotatable bonds is 30. The van der Waals surface area contributed by atoms with Crippen molar-refractivity contribution in [3.8, 4) is 0 Å². The molecule has 0 aromatic heterocycles. The van der Waals surface area contributed by atoms with Crippen molar-refractivity contribution in [1.29, 1.82) is 0 Å². The topological polar surface area (TPSA) is 198 Å². The molecule has 88 heavy (non-hydrogen) atoms. The Bertz CT molecular complexity index is 3070. The molecule has 0 unspecified atom stereocenters. The van der Waals surface area contributed by atoms with Crippen LogP contribution in [0, 0.1) is 0 Å². The maximum atomic E-state index is 15.1. The summed E-state index contributed by atoms with van der Waals surface area (Å²) in [6.07, 6.45) is -18.0. The van der Waals surface area contributed by atoms with E-state index in [4.69, 9.17) is 66.3 Å². The molecule has 18 heteroatoms. The Morgan fingerprint density at radius 3 is 1.19 bits per heavy atom. The van der Waals surface area contributed by atoms with Crippen LogP contribution in [0.1, 0.15) is 73.9 Å². The fraction of sp³-hybridized carbons (Fsp3) is 0.400. The second-order valence-electron chi connectivity index (χ2n) is 21.8. The van der Waals surface area contributed by atoms with Gasteiger partial charge in [0.05, 0.1) is 58.3 Å². The zero-order valence-corrected chi connectivity index (χ0v) is 50.0. The lowest BCUT2D eigenvalue weighted by Gasteiger charge is -2.51. The van der Waals surface area contributed by atoms with Gasteiger partial charge in [0.2, 0.25) is 0 Å². The van der Waals surface area contributed by atoms with Gasteiger partial charge in [0.1, 0.15) is 55.1 Å². The Kier molecular flexibility index (Phi) is 24.7. The van der Waals surface area contributed by atoms with Gasteiger partial charge >= 0.3 is 17.9 Å². The molecule has 6 aromatic rings. The molecule has 18 nitrogen and oxygen atoms in total. The number of carbonyl (C=O) groups excluding carboxylic acids is 4. The van der Waals surface area contributed by atoms with Crippen molar-refractivity contribution in [2.24, 2.45) is 0 Å². The van der Waals surface area contributed by atoms with Crippen LogP contribution in [-0.2, 0) is 125 Å². The maximum absolute atomic E-state index is 15.1. The standard InChI is InChI=1S/C70H78O18/c1-6-39-75-68-64(80-44-54-33-21-11-22-34-54)60(79-43-53-31-19-10-20-32-53)62(63(87-68)67(74)81-45-55-35-23-12-24-36-55)86-69-65(59(78-42-52-29-17-9-18-30-52)57(47(3)82-69)76-40-50-25-13-7-14-26-50)88-70-66(85-56(73)38-37-46(2)71)61(84-49(5)72)58(48(4)83-70)77-41-51-27-15-8-16-28-51/h6-36,47-48,57-66,68-70H,1,37-45H2,2-5H3/t47-,48-,57-,58-,59+,60-,61+,62+,63-,64+,65+,66+,68+,69-,70-/m0/s1. The van der Waals surface area contributed by atoms with Gasteiger partial charge in [0.15, 0.2) is 37.2 Å². The second-order valence-corrected chi connectivity index (χ2v) is 21.8. The van der Waals surface area contributed by atoms with Crippen LogP contribution >= 0.6 is 0 Å². The minimum absolute atomic E-state index is 0.00463. The first-order chi connectivity index (χ1) is 42.9. The van der Waals surface area contributed by atoms with E-state index in [1.807, 2.05) is 189 Å². The van der Waals surface area contributed by atoms with Gasteiger partial charge in [-0.15, -0.1) is 6.58 Å². The van der Waals surface area contributed by atoms with Crippen LogP contribution < -0.4 is 0 Å². The molecular formula is C70H78O18. The largest absolute Gasteiger partial charge is 0.459 e. The lowest BCUT2D eigenvalue weighted by molar-refractivity contribution is -0.392. The Hall–Kier alpha value is -7.30. The summed E-state index contributed by atoms with van der Waals surface area (Å²) < 4.78 is 94.4. The van der Waals surface area contributed by atoms with Gasteiger partial charge in [-0.3, -0.25) is 9.59 Å². The molecule has 0 radical (unpaired) electrons. The van der Waals surface area contributed by atoms with E-state index in [0.29, 0.717) is 5.56 Å². The van der Waals surface area contributed by atoms with Crippen molar-refractivity contribution >= 4 is 23.7 Å². The fourth-order valence-corrected chi connectivity index (χ4v) is 10.7. The smallest absolute Gasteiger partial charge is 0.338 e. The zero-order valence-electron chi connectivity index (χ0n) is 50.0. The van der Waals surface area contributed by atoms with Crippen molar-refractivity contribution in [1.82, 2.24) is 0 Å². The van der Waals surface area contributed by atoms with Crippen molar-refractivity contribution in [3.63, 3.8) is 0 Å². The summed E-state index contributed by atoms with van der Waals surface area (Å²) in [7, 11) is 0. The molecule has 6 aromatic carbocycles. The number of hydrogen-bond acceptors (Lipinski definition) is 18. The van der Waals surface area contributed by atoms with Crippen molar-refractivity contribution in [3.05, 3.63) is 228 Å². The lowest BCUT2D eigenvalue weighted by atomic mass is 9.95. The molecule has 3 aliphatic heterocycles. The number of hydrogen-bond donors (Lipinski definition) is 0. The summed E-state index contributed by atoms with van der Waals surface area (Å²) in [5.41, 5.74) is 4.78. The number of esters is 3. The normalized spacial score (nSPS) is 26.9. The van der Waals surface area contributed by atoms with E-state index >= 15 is 4.79 Å². The molecule has 9 rings (SSSR count). The number of benzene rings is 6. The summed E-state index contributed by atoms with van der Waals surface area (Å²) >= 11 is 0. The van der Waals surface area contributed by atoms with Crippen molar-refractivity contribution in [2.45, 2.75) is 172 Å². The van der Waals surface area contributed by atoms with Crippen LogP contribution in [-0.4, -0.2) is 122 Å². The number of carbonyl (C=O) groups is 4. The van der Waals surface area contributed by atoms with Gasteiger partial charge in [-0.2, -0.15) is 0 Å². The molecule has 0 N–H and O–H groups in total. The van der Waals surface area contributed by atoms with Crippen LogP contribution in [0.15, 0.2) is 195 Å². The molecule has 3 heterocycles. The Labute approximate surface area is 514 Å². The average molecular weight is 1210 g/mol. The molecule has 3 fully saturated rings. The highest BCUT2D eigenvalue weighted by atomic mass is 16.8. The summed E-state index contributed by atoms with van der Waals surface area (Å²) in [5.74, 6) is -2.60. The van der Waals surface area contributed by atoms with Crippen molar-refractivity contribution in [2.75, 3.05) is 6.61 Å². The quantitative estimate of drug-likeness (QED) is 0.0234. The predicted molar refractivity (Wildman–Crippen MR) is 320 cm³/mol. The van der Waals surface area contributed by atoms with Crippen LogP contribution in [0.5, 0.6) is 0 Å². The monoisotopic (exact) mass is 1210 g/mol. The highest BCUT2D eigenvalue weighted by molar-refractivity contribution is 5.81. The Balaban J connectivity index is 1.17. The summed E-state index contributed by atoms with van der Waals surface area (Å²) in [4.78, 5) is 54.8. The van der Waals surface area contributed by atoms with Gasteiger partial charge in [-0.1, -0.05) is 188 Å². The third kappa shape index (κ3) is 18.6. The molecule has 0 aliphatic carbocycles. The summed E-state index contributed by atoms with van der Waals surface area (Å²) in [6, 6.07) is 56.6. The first-order valence-corrected chi connectivity index (χ1v) is 29.7. The molecule has 3 aliphatic rings. The van der Waals surface area contributed by atoms with Gasteiger partial charge in [0.25, 0.3) is 0 Å². The van der Waals surface area contributed by atoms with E-state index in [1.165, 1.54) is 13.8 Å².